The van der Waals surface area contributed by atoms with E-state index in [0.29, 0.717) is 0 Å². The van der Waals surface area contributed by atoms with Gasteiger partial charge in [0.2, 0.25) is 5.95 Å². The second kappa shape index (κ2) is 5.48. The van der Waals surface area contributed by atoms with E-state index in [9.17, 15) is 0 Å². The fourth-order valence-corrected chi connectivity index (χ4v) is 3.19. The van der Waals surface area contributed by atoms with Gasteiger partial charge in [0.25, 0.3) is 0 Å². The van der Waals surface area contributed by atoms with Crippen LogP contribution in [0.3, 0.4) is 0 Å². The van der Waals surface area contributed by atoms with Crippen molar-refractivity contribution < 1.29 is 4.74 Å². The number of nitrogens with one attached hydrogen (secondary N) is 1. The van der Waals surface area contributed by atoms with Crippen molar-refractivity contribution in [2.24, 2.45) is 0 Å². The Labute approximate surface area is 127 Å². The van der Waals surface area contributed by atoms with E-state index in [1.165, 1.54) is 5.56 Å². The quantitative estimate of drug-likeness (QED) is 0.929. The third-order valence-electron chi connectivity index (χ3n) is 3.67. The first kappa shape index (κ1) is 13.5. The lowest BCUT2D eigenvalue weighted by molar-refractivity contribution is 0.416. The van der Waals surface area contributed by atoms with Crippen LogP contribution in [0.25, 0.3) is 11.3 Å². The van der Waals surface area contributed by atoms with Crippen molar-refractivity contribution >= 4 is 21.9 Å². The molecule has 4 nitrogen and oxygen atoms in total. The van der Waals surface area contributed by atoms with Gasteiger partial charge >= 0.3 is 0 Å². The summed E-state index contributed by atoms with van der Waals surface area (Å²) < 4.78 is 8.69. The topological polar surface area (TPSA) is 39.1 Å². The summed E-state index contributed by atoms with van der Waals surface area (Å²) >= 11 is 3.69. The SMILES string of the molecule is CCc1ccc(OC)c(-c2nc3n(c2Br)CCCN3)c1. The highest BCUT2D eigenvalue weighted by Crippen LogP contribution is 2.37. The zero-order chi connectivity index (χ0) is 14.1. The third-order valence-corrected chi connectivity index (χ3v) is 4.48. The first-order valence-electron chi connectivity index (χ1n) is 6.91. The van der Waals surface area contributed by atoms with Gasteiger partial charge in [-0.1, -0.05) is 13.0 Å². The lowest BCUT2D eigenvalue weighted by Gasteiger charge is -2.15. The molecule has 20 heavy (non-hydrogen) atoms. The Morgan fingerprint density at radius 2 is 2.30 bits per heavy atom. The van der Waals surface area contributed by atoms with E-state index in [1.54, 1.807) is 7.11 Å². The van der Waals surface area contributed by atoms with Crippen molar-refractivity contribution in [1.82, 2.24) is 9.55 Å². The first-order chi connectivity index (χ1) is 9.74. The van der Waals surface area contributed by atoms with Crippen LogP contribution in [0.2, 0.25) is 0 Å². The monoisotopic (exact) mass is 335 g/mol. The molecule has 0 unspecified atom stereocenters. The number of ether oxygens (including phenoxy) is 1. The number of halogens is 1. The lowest BCUT2D eigenvalue weighted by Crippen LogP contribution is -2.17. The van der Waals surface area contributed by atoms with Gasteiger partial charge in [0.15, 0.2) is 0 Å². The van der Waals surface area contributed by atoms with Crippen molar-refractivity contribution in [3.8, 4) is 17.0 Å². The molecule has 0 aliphatic carbocycles. The van der Waals surface area contributed by atoms with E-state index in [1.807, 2.05) is 6.07 Å². The Balaban J connectivity index is 2.15. The molecular weight excluding hydrogens is 318 g/mol. The van der Waals surface area contributed by atoms with Gasteiger partial charge in [-0.15, -0.1) is 0 Å². The van der Waals surface area contributed by atoms with Crippen molar-refractivity contribution in [3.05, 3.63) is 28.4 Å². The molecule has 106 valence electrons. The third kappa shape index (κ3) is 2.20. The number of methoxy groups -OCH3 is 1. The molecule has 0 radical (unpaired) electrons. The van der Waals surface area contributed by atoms with Crippen LogP contribution in [0.5, 0.6) is 5.75 Å². The second-order valence-corrected chi connectivity index (χ2v) is 5.65. The molecule has 0 amide bonds. The van der Waals surface area contributed by atoms with Gasteiger partial charge in [-0.2, -0.15) is 0 Å². The van der Waals surface area contributed by atoms with Gasteiger partial charge in [-0.05, 0) is 46.5 Å². The van der Waals surface area contributed by atoms with Crippen LogP contribution in [0.4, 0.5) is 5.95 Å². The van der Waals surface area contributed by atoms with E-state index < -0.39 is 0 Å². The number of fused-ring (bicyclic) bond motifs is 1. The van der Waals surface area contributed by atoms with Gasteiger partial charge in [-0.3, -0.25) is 0 Å². The maximum Gasteiger partial charge on any atom is 0.204 e. The van der Waals surface area contributed by atoms with Crippen molar-refractivity contribution in [3.63, 3.8) is 0 Å². The largest absolute Gasteiger partial charge is 0.496 e. The molecule has 0 fully saturated rings. The molecule has 0 saturated heterocycles. The number of imidazole rings is 1. The summed E-state index contributed by atoms with van der Waals surface area (Å²) in [5, 5.41) is 3.34. The maximum absolute atomic E-state index is 5.50. The molecule has 1 aromatic heterocycles. The van der Waals surface area contributed by atoms with Gasteiger partial charge in [0.1, 0.15) is 16.0 Å². The predicted molar refractivity (Wildman–Crippen MR) is 84.4 cm³/mol. The minimum atomic E-state index is 0.860. The molecule has 5 heteroatoms. The second-order valence-electron chi connectivity index (χ2n) is 4.89. The molecule has 0 atom stereocenters. The molecular formula is C15H18BrN3O. The van der Waals surface area contributed by atoms with Crippen LogP contribution >= 0.6 is 15.9 Å². The van der Waals surface area contributed by atoms with Crippen LogP contribution in [-0.2, 0) is 13.0 Å². The highest BCUT2D eigenvalue weighted by atomic mass is 79.9. The average molecular weight is 336 g/mol. The van der Waals surface area contributed by atoms with Gasteiger partial charge < -0.3 is 14.6 Å². The summed E-state index contributed by atoms with van der Waals surface area (Å²) in [5.41, 5.74) is 3.27. The number of nitrogens with zero attached hydrogens (tertiary/aromatic N) is 2. The fourth-order valence-electron chi connectivity index (χ4n) is 2.54. The number of hydrogen-bond donors (Lipinski definition) is 1. The first-order valence-corrected chi connectivity index (χ1v) is 7.71. The van der Waals surface area contributed by atoms with Crippen LogP contribution < -0.4 is 10.1 Å². The van der Waals surface area contributed by atoms with Crippen LogP contribution in [0.15, 0.2) is 22.8 Å². The summed E-state index contributed by atoms with van der Waals surface area (Å²) in [4.78, 5) is 4.73. The summed E-state index contributed by atoms with van der Waals surface area (Å²) in [6.45, 7) is 4.13. The highest BCUT2D eigenvalue weighted by molar-refractivity contribution is 9.10. The summed E-state index contributed by atoms with van der Waals surface area (Å²) in [7, 11) is 1.70. The smallest absolute Gasteiger partial charge is 0.204 e. The highest BCUT2D eigenvalue weighted by Gasteiger charge is 2.21. The number of benzene rings is 1. The Kier molecular flexibility index (Phi) is 3.70. The minimum absolute atomic E-state index is 0.860. The van der Waals surface area contributed by atoms with Crippen LogP contribution in [-0.4, -0.2) is 23.2 Å². The minimum Gasteiger partial charge on any atom is -0.496 e. The number of anilines is 1. The Morgan fingerprint density at radius 3 is 3.00 bits per heavy atom. The molecule has 0 saturated carbocycles. The van der Waals surface area contributed by atoms with Crippen molar-refractivity contribution in [1.29, 1.82) is 0 Å². The van der Waals surface area contributed by atoms with E-state index in [0.717, 1.165) is 53.5 Å². The molecule has 0 bridgehead atoms. The Morgan fingerprint density at radius 1 is 1.45 bits per heavy atom. The number of rotatable bonds is 3. The predicted octanol–water partition coefficient (Wildman–Crippen LogP) is 3.70. The van der Waals surface area contributed by atoms with E-state index in [4.69, 9.17) is 9.72 Å². The van der Waals surface area contributed by atoms with Gasteiger partial charge in [0.05, 0.1) is 7.11 Å². The lowest BCUT2D eigenvalue weighted by atomic mass is 10.1. The van der Waals surface area contributed by atoms with E-state index >= 15 is 0 Å². The van der Waals surface area contributed by atoms with Crippen LogP contribution in [0, 0.1) is 0 Å². The van der Waals surface area contributed by atoms with Crippen molar-refractivity contribution in [2.45, 2.75) is 26.3 Å². The molecule has 3 rings (SSSR count). The summed E-state index contributed by atoms with van der Waals surface area (Å²) in [5.74, 6) is 1.79. The van der Waals surface area contributed by atoms with Crippen molar-refractivity contribution in [2.75, 3.05) is 19.0 Å². The normalized spacial score (nSPS) is 13.8. The maximum atomic E-state index is 5.50. The molecule has 2 aromatic rings. The molecule has 2 heterocycles. The molecule has 1 aliphatic rings. The number of hydrogen-bond acceptors (Lipinski definition) is 3. The molecule has 0 spiro atoms. The van der Waals surface area contributed by atoms with E-state index in [-0.39, 0.29) is 0 Å². The van der Waals surface area contributed by atoms with E-state index in [2.05, 4.69) is 44.9 Å². The Hall–Kier alpha value is -1.49. The van der Waals surface area contributed by atoms with Crippen LogP contribution in [0.1, 0.15) is 18.9 Å². The average Bonchev–Trinajstić information content (AvgIpc) is 2.84. The molecule has 1 aliphatic heterocycles. The number of aryl methyl sites for hydroxylation is 1. The molecule has 1 aromatic carbocycles. The van der Waals surface area contributed by atoms with Gasteiger partial charge in [0, 0.05) is 18.7 Å². The molecule has 1 N–H and O–H groups in total. The zero-order valence-corrected chi connectivity index (χ0v) is 13.3. The Bertz CT molecular complexity index is 636. The zero-order valence-electron chi connectivity index (χ0n) is 11.7. The standard InChI is InChI=1S/C15H18BrN3O/c1-3-10-5-6-12(20-2)11(9-10)13-14(16)19-8-4-7-17-15(19)18-13/h5-6,9H,3-4,7-8H2,1-2H3,(H,17,18). The summed E-state index contributed by atoms with van der Waals surface area (Å²) in [6.07, 6.45) is 2.12. The fraction of sp³-hybridized carbons (Fsp3) is 0.400. The van der Waals surface area contributed by atoms with Gasteiger partial charge in [-0.25, -0.2) is 4.98 Å². The summed E-state index contributed by atoms with van der Waals surface area (Å²) in [6, 6.07) is 6.29. The number of aromatic nitrogens is 2.